The van der Waals surface area contributed by atoms with Crippen LogP contribution in [0.15, 0.2) is 40.9 Å². The Bertz CT molecular complexity index is 767. The van der Waals surface area contributed by atoms with Gasteiger partial charge in [0.25, 0.3) is 11.7 Å². The van der Waals surface area contributed by atoms with Gasteiger partial charge in [-0.25, -0.2) is 0 Å². The lowest BCUT2D eigenvalue weighted by molar-refractivity contribution is -0.114. The third-order valence-corrected chi connectivity index (χ3v) is 4.26. The third kappa shape index (κ3) is 2.40. The maximum Gasteiger partial charge on any atom is 0.299 e. The third-order valence-electron chi connectivity index (χ3n) is 3.77. The Labute approximate surface area is 131 Å². The fourth-order valence-corrected chi connectivity index (χ4v) is 2.91. The highest BCUT2D eigenvalue weighted by Crippen LogP contribution is 2.33. The number of fused-ring (bicyclic) bond motifs is 1. The molecule has 0 spiro atoms. The van der Waals surface area contributed by atoms with Crippen LogP contribution < -0.4 is 4.90 Å². The van der Waals surface area contributed by atoms with Crippen LogP contribution in [0.25, 0.3) is 0 Å². The summed E-state index contributed by atoms with van der Waals surface area (Å²) in [6, 6.07) is 11.4. The predicted octanol–water partition coefficient (Wildman–Crippen LogP) is 3.80. The second-order valence-electron chi connectivity index (χ2n) is 5.31. The lowest BCUT2D eigenvalue weighted by atomic mass is 10.1. The van der Waals surface area contributed by atoms with Gasteiger partial charge in [-0.1, -0.05) is 39.7 Å². The van der Waals surface area contributed by atoms with Crippen molar-refractivity contribution in [2.75, 3.05) is 4.90 Å². The highest BCUT2D eigenvalue weighted by atomic mass is 79.9. The number of rotatable bonds is 2. The molecule has 3 rings (SSSR count). The Morgan fingerprint density at radius 2 is 1.81 bits per heavy atom. The number of carbonyl (C=O) groups excluding carboxylic acids is 2. The first-order chi connectivity index (χ1) is 9.97. The van der Waals surface area contributed by atoms with Crippen molar-refractivity contribution < 1.29 is 9.59 Å². The summed E-state index contributed by atoms with van der Waals surface area (Å²) in [7, 11) is 0. The van der Waals surface area contributed by atoms with Gasteiger partial charge in [0.15, 0.2) is 0 Å². The zero-order chi connectivity index (χ0) is 15.1. The summed E-state index contributed by atoms with van der Waals surface area (Å²) in [5.41, 5.74) is 4.48. The van der Waals surface area contributed by atoms with Crippen LogP contribution >= 0.6 is 15.9 Å². The summed E-state index contributed by atoms with van der Waals surface area (Å²) in [6.07, 6.45) is 0. The molecule has 21 heavy (non-hydrogen) atoms. The standard InChI is InChI=1S/C17H14BrNO2/c1-10-3-4-11(2)12(7-10)9-19-15-8-13(18)5-6-14(15)16(20)17(19)21/h3-8H,9H2,1-2H3. The molecule has 0 atom stereocenters. The molecular weight excluding hydrogens is 330 g/mol. The van der Waals surface area contributed by atoms with Crippen molar-refractivity contribution in [3.8, 4) is 0 Å². The number of anilines is 1. The van der Waals surface area contributed by atoms with Crippen molar-refractivity contribution in [2.45, 2.75) is 20.4 Å². The van der Waals surface area contributed by atoms with Gasteiger partial charge < -0.3 is 4.90 Å². The number of halogens is 1. The topological polar surface area (TPSA) is 37.4 Å². The van der Waals surface area contributed by atoms with E-state index in [1.54, 1.807) is 17.0 Å². The van der Waals surface area contributed by atoms with E-state index in [-0.39, 0.29) is 0 Å². The molecule has 2 aromatic rings. The maximum absolute atomic E-state index is 12.2. The zero-order valence-corrected chi connectivity index (χ0v) is 13.4. The molecule has 3 nitrogen and oxygen atoms in total. The molecule has 2 aromatic carbocycles. The van der Waals surface area contributed by atoms with E-state index in [0.29, 0.717) is 17.8 Å². The Balaban J connectivity index is 2.04. The van der Waals surface area contributed by atoms with Crippen LogP contribution in [0.1, 0.15) is 27.0 Å². The lowest BCUT2D eigenvalue weighted by Crippen LogP contribution is -2.29. The van der Waals surface area contributed by atoms with Crippen molar-refractivity contribution in [2.24, 2.45) is 0 Å². The molecular formula is C17H14BrNO2. The molecule has 0 fully saturated rings. The van der Waals surface area contributed by atoms with Gasteiger partial charge in [-0.15, -0.1) is 0 Å². The summed E-state index contributed by atoms with van der Waals surface area (Å²) < 4.78 is 0.856. The van der Waals surface area contributed by atoms with Gasteiger partial charge in [0.2, 0.25) is 0 Å². The van der Waals surface area contributed by atoms with Crippen molar-refractivity contribution in [3.63, 3.8) is 0 Å². The minimum atomic E-state index is -0.455. The Morgan fingerprint density at radius 1 is 1.05 bits per heavy atom. The average molecular weight is 344 g/mol. The molecule has 0 bridgehead atoms. The second-order valence-corrected chi connectivity index (χ2v) is 6.23. The van der Waals surface area contributed by atoms with Gasteiger partial charge >= 0.3 is 0 Å². The smallest absolute Gasteiger partial charge is 0.299 e. The van der Waals surface area contributed by atoms with Crippen LogP contribution in [0.4, 0.5) is 5.69 Å². The van der Waals surface area contributed by atoms with Gasteiger partial charge in [-0.05, 0) is 43.2 Å². The van der Waals surface area contributed by atoms with Gasteiger partial charge in [-0.3, -0.25) is 9.59 Å². The van der Waals surface area contributed by atoms with Crippen molar-refractivity contribution in [1.29, 1.82) is 0 Å². The van der Waals surface area contributed by atoms with Gasteiger partial charge in [0, 0.05) is 4.47 Å². The maximum atomic E-state index is 12.2. The number of Topliss-reactive ketones (excluding diaryl/α,β-unsaturated/α-hetero) is 1. The SMILES string of the molecule is Cc1ccc(C)c(CN2C(=O)C(=O)c3ccc(Br)cc32)c1. The van der Waals surface area contributed by atoms with E-state index in [1.165, 1.54) is 0 Å². The van der Waals surface area contributed by atoms with Crippen LogP contribution in [0.5, 0.6) is 0 Å². The Kier molecular flexibility index (Phi) is 3.41. The van der Waals surface area contributed by atoms with Gasteiger partial charge in [0.1, 0.15) is 0 Å². The van der Waals surface area contributed by atoms with Crippen molar-refractivity contribution in [3.05, 3.63) is 63.1 Å². The predicted molar refractivity (Wildman–Crippen MR) is 85.6 cm³/mol. The van der Waals surface area contributed by atoms with Crippen molar-refractivity contribution >= 4 is 33.3 Å². The molecule has 0 aliphatic carbocycles. The summed E-state index contributed by atoms with van der Waals surface area (Å²) >= 11 is 3.39. The summed E-state index contributed by atoms with van der Waals surface area (Å²) in [6.45, 7) is 4.45. The first-order valence-electron chi connectivity index (χ1n) is 6.69. The van der Waals surface area contributed by atoms with E-state index in [4.69, 9.17) is 0 Å². The van der Waals surface area contributed by atoms with E-state index in [0.717, 1.165) is 21.2 Å². The molecule has 0 aromatic heterocycles. The largest absolute Gasteiger partial charge is 0.300 e. The number of nitrogens with zero attached hydrogens (tertiary/aromatic N) is 1. The fourth-order valence-electron chi connectivity index (χ4n) is 2.57. The number of hydrogen-bond acceptors (Lipinski definition) is 2. The molecule has 1 aliphatic rings. The Hall–Kier alpha value is -1.94. The first-order valence-corrected chi connectivity index (χ1v) is 7.48. The molecule has 0 unspecified atom stereocenters. The van der Waals surface area contributed by atoms with E-state index in [2.05, 4.69) is 22.0 Å². The molecule has 1 amide bonds. The van der Waals surface area contributed by atoms with Crippen LogP contribution in [-0.2, 0) is 11.3 Å². The monoisotopic (exact) mass is 343 g/mol. The van der Waals surface area contributed by atoms with Crippen molar-refractivity contribution in [1.82, 2.24) is 0 Å². The number of aryl methyl sites for hydroxylation is 2. The van der Waals surface area contributed by atoms with Crippen LogP contribution in [-0.4, -0.2) is 11.7 Å². The number of amides is 1. The highest BCUT2D eigenvalue weighted by Gasteiger charge is 2.35. The minimum absolute atomic E-state index is 0.418. The molecule has 0 radical (unpaired) electrons. The molecule has 106 valence electrons. The quantitative estimate of drug-likeness (QED) is 0.778. The summed E-state index contributed by atoms with van der Waals surface area (Å²) in [5, 5.41) is 0. The van der Waals surface area contributed by atoms with E-state index in [9.17, 15) is 9.59 Å². The van der Waals surface area contributed by atoms with Gasteiger partial charge in [-0.2, -0.15) is 0 Å². The van der Waals surface area contributed by atoms with E-state index in [1.807, 2.05) is 32.0 Å². The number of carbonyl (C=O) groups is 2. The second kappa shape index (κ2) is 5.11. The van der Waals surface area contributed by atoms with Gasteiger partial charge in [0.05, 0.1) is 17.8 Å². The zero-order valence-electron chi connectivity index (χ0n) is 11.8. The van der Waals surface area contributed by atoms with E-state index < -0.39 is 11.7 Å². The Morgan fingerprint density at radius 3 is 2.57 bits per heavy atom. The molecule has 0 N–H and O–H groups in total. The van der Waals surface area contributed by atoms with Crippen LogP contribution in [0, 0.1) is 13.8 Å². The van der Waals surface area contributed by atoms with E-state index >= 15 is 0 Å². The minimum Gasteiger partial charge on any atom is -0.300 e. The fraction of sp³-hybridized carbons (Fsp3) is 0.176. The number of benzene rings is 2. The molecule has 0 saturated carbocycles. The molecule has 1 heterocycles. The molecule has 1 aliphatic heterocycles. The van der Waals surface area contributed by atoms with Crippen LogP contribution in [0.3, 0.4) is 0 Å². The summed E-state index contributed by atoms with van der Waals surface area (Å²) in [4.78, 5) is 25.8. The number of hydrogen-bond donors (Lipinski definition) is 0. The normalized spacial score (nSPS) is 13.8. The number of ketones is 1. The molecule has 4 heteroatoms. The highest BCUT2D eigenvalue weighted by molar-refractivity contribution is 9.10. The summed E-state index contributed by atoms with van der Waals surface area (Å²) in [5.74, 6) is -0.883. The van der Waals surface area contributed by atoms with Crippen LogP contribution in [0.2, 0.25) is 0 Å². The first kappa shape index (κ1) is 14.0. The lowest BCUT2D eigenvalue weighted by Gasteiger charge is -2.18. The molecule has 0 saturated heterocycles. The average Bonchev–Trinajstić information content (AvgIpc) is 2.67.